The minimum atomic E-state index is -1.56. The molecule has 0 amide bonds. The van der Waals surface area contributed by atoms with E-state index in [0.29, 0.717) is 12.0 Å². The molecule has 1 aliphatic carbocycles. The molecular formula is C30H26F6O3. The first-order chi connectivity index (χ1) is 18.6. The van der Waals surface area contributed by atoms with Crippen LogP contribution >= 0.6 is 0 Å². The van der Waals surface area contributed by atoms with Gasteiger partial charge >= 0.3 is 5.97 Å². The van der Waals surface area contributed by atoms with Crippen molar-refractivity contribution in [2.45, 2.75) is 52.1 Å². The number of carbonyl (C=O) groups is 1. The first kappa shape index (κ1) is 28.3. The lowest BCUT2D eigenvalue weighted by Gasteiger charge is -2.23. The molecule has 3 nitrogen and oxygen atoms in total. The number of allylic oxidation sites excluding steroid dienone is 1. The zero-order chi connectivity index (χ0) is 28.3. The maximum atomic E-state index is 14.9. The highest BCUT2D eigenvalue weighted by molar-refractivity contribution is 5.91. The average molecular weight is 549 g/mol. The van der Waals surface area contributed by atoms with Gasteiger partial charge in [0.2, 0.25) is 5.82 Å². The molecule has 0 aliphatic heterocycles. The van der Waals surface area contributed by atoms with Gasteiger partial charge in [-0.2, -0.15) is 4.39 Å². The summed E-state index contributed by atoms with van der Waals surface area (Å²) in [6, 6.07) is 7.06. The number of halogens is 6. The molecule has 0 radical (unpaired) electrons. The Kier molecular flexibility index (Phi) is 8.67. The molecule has 3 aromatic rings. The van der Waals surface area contributed by atoms with Crippen molar-refractivity contribution in [3.63, 3.8) is 0 Å². The zero-order valence-corrected chi connectivity index (χ0v) is 21.4. The Morgan fingerprint density at radius 1 is 0.821 bits per heavy atom. The van der Waals surface area contributed by atoms with Crippen LogP contribution in [0, 0.1) is 41.8 Å². The van der Waals surface area contributed by atoms with Gasteiger partial charge in [0.05, 0.1) is 12.2 Å². The largest absolute Gasteiger partial charge is 0.490 e. The number of rotatable bonds is 8. The molecule has 1 unspecified atom stereocenters. The van der Waals surface area contributed by atoms with Gasteiger partial charge in [-0.25, -0.2) is 26.7 Å². The van der Waals surface area contributed by atoms with Crippen molar-refractivity contribution in [3.8, 4) is 16.9 Å². The fourth-order valence-electron chi connectivity index (χ4n) is 4.36. The van der Waals surface area contributed by atoms with Crippen molar-refractivity contribution in [2.24, 2.45) is 0 Å². The highest BCUT2D eigenvalue weighted by Crippen LogP contribution is 2.35. The summed E-state index contributed by atoms with van der Waals surface area (Å²) in [5.74, 6) is -9.21. The summed E-state index contributed by atoms with van der Waals surface area (Å²) in [7, 11) is 0. The highest BCUT2D eigenvalue weighted by Gasteiger charge is 2.27. The standard InChI is InChI=1S/C30H26F6O3/c1-3-4-15-38-23-14-13-21(27(34)29(23)36)20-11-12-22(28(35)26(20)33)30(37)39-18-8-6-17(7-9-18)19-10-5-16(2)24(31)25(19)32/h5-6,10-14,18H,3-4,7-9,15H2,1-2H3. The fraction of sp³-hybridized carbons (Fsp3) is 0.300. The average Bonchev–Trinajstić information content (AvgIpc) is 2.92. The van der Waals surface area contributed by atoms with Crippen molar-refractivity contribution in [2.75, 3.05) is 6.61 Å². The second-order valence-electron chi connectivity index (χ2n) is 9.32. The van der Waals surface area contributed by atoms with Crippen LogP contribution in [0.3, 0.4) is 0 Å². The molecule has 1 atom stereocenters. The lowest BCUT2D eigenvalue weighted by molar-refractivity contribution is 0.0279. The summed E-state index contributed by atoms with van der Waals surface area (Å²) in [6.45, 7) is 3.53. The monoisotopic (exact) mass is 548 g/mol. The van der Waals surface area contributed by atoms with E-state index in [4.69, 9.17) is 9.47 Å². The maximum absolute atomic E-state index is 14.9. The van der Waals surface area contributed by atoms with Crippen LogP contribution in [0.1, 0.15) is 60.5 Å². The van der Waals surface area contributed by atoms with Gasteiger partial charge < -0.3 is 9.47 Å². The number of aryl methyl sites for hydroxylation is 1. The Morgan fingerprint density at radius 2 is 1.46 bits per heavy atom. The summed E-state index contributed by atoms with van der Waals surface area (Å²) in [5, 5.41) is 0. The summed E-state index contributed by atoms with van der Waals surface area (Å²) >= 11 is 0. The lowest BCUT2D eigenvalue weighted by atomic mass is 9.91. The Morgan fingerprint density at radius 3 is 2.13 bits per heavy atom. The smallest absolute Gasteiger partial charge is 0.341 e. The van der Waals surface area contributed by atoms with Gasteiger partial charge in [0, 0.05) is 23.1 Å². The van der Waals surface area contributed by atoms with Crippen LogP contribution in [0.2, 0.25) is 0 Å². The summed E-state index contributed by atoms with van der Waals surface area (Å²) in [6.07, 6.45) is 3.02. The van der Waals surface area contributed by atoms with Gasteiger partial charge in [-0.3, -0.25) is 0 Å². The normalized spacial score (nSPS) is 15.2. The Labute approximate surface area is 222 Å². The van der Waals surface area contributed by atoms with E-state index in [-0.39, 0.29) is 42.7 Å². The van der Waals surface area contributed by atoms with E-state index in [9.17, 15) is 31.1 Å². The Hall–Kier alpha value is -3.75. The van der Waals surface area contributed by atoms with Gasteiger partial charge in [-0.05, 0) is 55.5 Å². The molecule has 9 heteroatoms. The molecule has 3 aromatic carbocycles. The fourth-order valence-corrected chi connectivity index (χ4v) is 4.36. The molecule has 0 spiro atoms. The van der Waals surface area contributed by atoms with Crippen molar-refractivity contribution >= 4 is 11.5 Å². The van der Waals surface area contributed by atoms with Crippen LogP contribution in [-0.2, 0) is 4.74 Å². The summed E-state index contributed by atoms with van der Waals surface area (Å²) < 4.78 is 97.6. The molecule has 0 fully saturated rings. The van der Waals surface area contributed by atoms with Crippen molar-refractivity contribution in [1.29, 1.82) is 0 Å². The molecule has 0 saturated heterocycles. The number of unbranched alkanes of at least 4 members (excludes halogenated alkanes) is 1. The van der Waals surface area contributed by atoms with E-state index in [0.717, 1.165) is 30.7 Å². The summed E-state index contributed by atoms with van der Waals surface area (Å²) in [5.41, 5.74) is -0.958. The first-order valence-electron chi connectivity index (χ1n) is 12.6. The van der Waals surface area contributed by atoms with E-state index in [1.807, 2.05) is 6.92 Å². The van der Waals surface area contributed by atoms with E-state index < -0.39 is 63.7 Å². The second kappa shape index (κ2) is 12.0. The van der Waals surface area contributed by atoms with E-state index in [1.54, 1.807) is 6.08 Å². The van der Waals surface area contributed by atoms with Crippen LogP contribution in [0.15, 0.2) is 42.5 Å². The zero-order valence-electron chi connectivity index (χ0n) is 21.4. The third-order valence-corrected chi connectivity index (χ3v) is 6.65. The molecule has 0 bridgehead atoms. The molecule has 1 aliphatic rings. The van der Waals surface area contributed by atoms with Gasteiger partial charge in [0.25, 0.3) is 0 Å². The Balaban J connectivity index is 1.48. The van der Waals surface area contributed by atoms with Crippen LogP contribution in [0.25, 0.3) is 16.7 Å². The van der Waals surface area contributed by atoms with Crippen LogP contribution in [-0.4, -0.2) is 18.7 Å². The minimum Gasteiger partial charge on any atom is -0.490 e. The maximum Gasteiger partial charge on any atom is 0.341 e. The van der Waals surface area contributed by atoms with Gasteiger partial charge in [0.15, 0.2) is 34.8 Å². The molecule has 0 heterocycles. The SMILES string of the molecule is CCCCOc1ccc(-c2ccc(C(=O)OC3CC=C(c4ccc(C)c(F)c4F)CC3)c(F)c2F)c(F)c1F. The highest BCUT2D eigenvalue weighted by atomic mass is 19.2. The van der Waals surface area contributed by atoms with Crippen molar-refractivity contribution < 1.29 is 40.6 Å². The quantitative estimate of drug-likeness (QED) is 0.161. The number of ether oxygens (including phenoxy) is 2. The first-order valence-corrected chi connectivity index (χ1v) is 12.6. The number of carbonyl (C=O) groups excluding carboxylic acids is 1. The van der Waals surface area contributed by atoms with E-state index in [1.165, 1.54) is 19.1 Å². The molecule has 206 valence electrons. The molecule has 0 N–H and O–H groups in total. The van der Waals surface area contributed by atoms with Gasteiger partial charge in [-0.15, -0.1) is 0 Å². The topological polar surface area (TPSA) is 35.5 Å². The van der Waals surface area contributed by atoms with Crippen molar-refractivity contribution in [3.05, 3.63) is 94.1 Å². The van der Waals surface area contributed by atoms with Crippen LogP contribution < -0.4 is 4.74 Å². The second-order valence-corrected chi connectivity index (χ2v) is 9.32. The van der Waals surface area contributed by atoms with Gasteiger partial charge in [-0.1, -0.05) is 37.6 Å². The minimum absolute atomic E-state index is 0.121. The van der Waals surface area contributed by atoms with E-state index >= 15 is 0 Å². The number of hydrogen-bond donors (Lipinski definition) is 0. The predicted molar refractivity (Wildman–Crippen MR) is 134 cm³/mol. The number of hydrogen-bond acceptors (Lipinski definition) is 3. The van der Waals surface area contributed by atoms with Gasteiger partial charge in [0.1, 0.15) is 6.10 Å². The van der Waals surface area contributed by atoms with Crippen LogP contribution in [0.4, 0.5) is 26.3 Å². The third kappa shape index (κ3) is 5.82. The molecule has 39 heavy (non-hydrogen) atoms. The molecule has 4 rings (SSSR count). The molecule has 0 saturated carbocycles. The third-order valence-electron chi connectivity index (χ3n) is 6.65. The number of esters is 1. The number of benzene rings is 3. The molecule has 0 aromatic heterocycles. The lowest BCUT2D eigenvalue weighted by Crippen LogP contribution is -2.21. The van der Waals surface area contributed by atoms with E-state index in [2.05, 4.69) is 0 Å². The van der Waals surface area contributed by atoms with Crippen LogP contribution in [0.5, 0.6) is 5.75 Å². The Bertz CT molecular complexity index is 1430. The van der Waals surface area contributed by atoms with Crippen molar-refractivity contribution in [1.82, 2.24) is 0 Å². The predicted octanol–water partition coefficient (Wildman–Crippen LogP) is 8.47. The summed E-state index contributed by atoms with van der Waals surface area (Å²) in [4.78, 5) is 12.6. The molecular weight excluding hydrogens is 522 g/mol.